The molecule has 0 spiro atoms. The number of nitrogens with one attached hydrogen (secondary N) is 1. The predicted molar refractivity (Wildman–Crippen MR) is 83.9 cm³/mol. The van der Waals surface area contributed by atoms with Crippen molar-refractivity contribution in [2.75, 3.05) is 23.8 Å². The number of rotatable bonds is 3. The third-order valence-electron chi connectivity index (χ3n) is 4.35. The first-order valence-corrected chi connectivity index (χ1v) is 10.2. The molecular formula is C15H20FNO2S2. The SMILES string of the molecule is O=S1(=O)CCC(NCC2CCSCC2)c2cc(F)ccc21. The zero-order valence-corrected chi connectivity index (χ0v) is 13.5. The van der Waals surface area contributed by atoms with Crippen LogP contribution in [0.15, 0.2) is 23.1 Å². The molecule has 0 saturated carbocycles. The zero-order chi connectivity index (χ0) is 14.9. The molecule has 2 aliphatic rings. The topological polar surface area (TPSA) is 46.2 Å². The first kappa shape index (κ1) is 15.3. The second-order valence-corrected chi connectivity index (χ2v) is 9.11. The molecule has 1 N–H and O–H groups in total. The largest absolute Gasteiger partial charge is 0.310 e. The minimum Gasteiger partial charge on any atom is -0.310 e. The zero-order valence-electron chi connectivity index (χ0n) is 11.8. The van der Waals surface area contributed by atoms with Crippen LogP contribution in [-0.4, -0.2) is 32.2 Å². The summed E-state index contributed by atoms with van der Waals surface area (Å²) in [6.07, 6.45) is 2.94. The van der Waals surface area contributed by atoms with E-state index in [2.05, 4.69) is 5.32 Å². The van der Waals surface area contributed by atoms with Crippen LogP contribution >= 0.6 is 11.8 Å². The monoisotopic (exact) mass is 329 g/mol. The number of sulfone groups is 1. The van der Waals surface area contributed by atoms with E-state index < -0.39 is 9.84 Å². The van der Waals surface area contributed by atoms with Crippen molar-refractivity contribution in [3.63, 3.8) is 0 Å². The molecule has 1 aromatic rings. The summed E-state index contributed by atoms with van der Waals surface area (Å²) in [4.78, 5) is 0.298. The Kier molecular flexibility index (Phi) is 4.57. The molecule has 0 bridgehead atoms. The van der Waals surface area contributed by atoms with Crippen LogP contribution < -0.4 is 5.32 Å². The minimum atomic E-state index is -3.24. The highest BCUT2D eigenvalue weighted by Gasteiger charge is 2.30. The van der Waals surface area contributed by atoms with Gasteiger partial charge in [-0.25, -0.2) is 12.8 Å². The molecule has 0 amide bonds. The van der Waals surface area contributed by atoms with Gasteiger partial charge >= 0.3 is 0 Å². The fourth-order valence-electron chi connectivity index (χ4n) is 3.08. The maximum Gasteiger partial charge on any atom is 0.178 e. The number of hydrogen-bond acceptors (Lipinski definition) is 4. The van der Waals surface area contributed by atoms with Crippen molar-refractivity contribution in [3.05, 3.63) is 29.6 Å². The first-order valence-electron chi connectivity index (χ1n) is 7.39. The first-order chi connectivity index (χ1) is 10.1. The van der Waals surface area contributed by atoms with E-state index in [9.17, 15) is 12.8 Å². The lowest BCUT2D eigenvalue weighted by Crippen LogP contribution is -2.34. The maximum atomic E-state index is 13.5. The molecule has 21 heavy (non-hydrogen) atoms. The van der Waals surface area contributed by atoms with Crippen molar-refractivity contribution in [1.29, 1.82) is 0 Å². The number of benzene rings is 1. The van der Waals surface area contributed by atoms with Gasteiger partial charge in [0.05, 0.1) is 10.6 Å². The number of fused-ring (bicyclic) bond motifs is 1. The quantitative estimate of drug-likeness (QED) is 0.866. The molecule has 0 aliphatic carbocycles. The molecular weight excluding hydrogens is 309 g/mol. The predicted octanol–water partition coefficient (Wildman–Crippen LogP) is 2.78. The van der Waals surface area contributed by atoms with Crippen molar-refractivity contribution < 1.29 is 12.8 Å². The molecule has 1 unspecified atom stereocenters. The summed E-state index contributed by atoms with van der Waals surface area (Å²) in [5, 5.41) is 3.47. The van der Waals surface area contributed by atoms with Gasteiger partial charge in [-0.05, 0) is 67.0 Å². The average Bonchev–Trinajstić information content (AvgIpc) is 2.47. The molecule has 3 rings (SSSR count). The Morgan fingerprint density at radius 3 is 2.76 bits per heavy atom. The number of thioether (sulfide) groups is 1. The molecule has 1 aromatic carbocycles. The average molecular weight is 329 g/mol. The van der Waals surface area contributed by atoms with E-state index in [1.165, 1.54) is 42.5 Å². The van der Waals surface area contributed by atoms with Crippen molar-refractivity contribution in [3.8, 4) is 0 Å². The van der Waals surface area contributed by atoms with Gasteiger partial charge in [0, 0.05) is 6.04 Å². The Morgan fingerprint density at radius 2 is 2.00 bits per heavy atom. The van der Waals surface area contributed by atoms with Crippen LogP contribution in [0.5, 0.6) is 0 Å². The lowest BCUT2D eigenvalue weighted by molar-refractivity contribution is 0.398. The van der Waals surface area contributed by atoms with Crippen molar-refractivity contribution in [2.45, 2.75) is 30.2 Å². The van der Waals surface area contributed by atoms with Crippen molar-refractivity contribution in [2.24, 2.45) is 5.92 Å². The van der Waals surface area contributed by atoms with Gasteiger partial charge < -0.3 is 5.32 Å². The third kappa shape index (κ3) is 3.43. The van der Waals surface area contributed by atoms with Crippen molar-refractivity contribution in [1.82, 2.24) is 5.32 Å². The Labute approximate surface area is 129 Å². The molecule has 1 saturated heterocycles. The van der Waals surface area contributed by atoms with Gasteiger partial charge in [-0.3, -0.25) is 0 Å². The maximum absolute atomic E-state index is 13.5. The van der Waals surface area contributed by atoms with Gasteiger partial charge in [0.15, 0.2) is 9.84 Å². The number of halogens is 1. The van der Waals surface area contributed by atoms with Gasteiger partial charge in [-0.2, -0.15) is 11.8 Å². The lowest BCUT2D eigenvalue weighted by atomic mass is 9.99. The highest BCUT2D eigenvalue weighted by Crippen LogP contribution is 2.33. The summed E-state index contributed by atoms with van der Waals surface area (Å²) >= 11 is 1.99. The van der Waals surface area contributed by atoms with Gasteiger partial charge in [0.2, 0.25) is 0 Å². The molecule has 116 valence electrons. The van der Waals surface area contributed by atoms with E-state index in [0.29, 0.717) is 22.8 Å². The summed E-state index contributed by atoms with van der Waals surface area (Å²) < 4.78 is 37.7. The Hall–Kier alpha value is -0.590. The third-order valence-corrected chi connectivity index (χ3v) is 7.22. The van der Waals surface area contributed by atoms with Crippen LogP contribution in [0.3, 0.4) is 0 Å². The molecule has 2 aliphatic heterocycles. The smallest absolute Gasteiger partial charge is 0.178 e. The van der Waals surface area contributed by atoms with Crippen molar-refractivity contribution >= 4 is 21.6 Å². The van der Waals surface area contributed by atoms with E-state index in [1.54, 1.807) is 0 Å². The van der Waals surface area contributed by atoms with Crippen LogP contribution in [0.4, 0.5) is 4.39 Å². The molecule has 6 heteroatoms. The molecule has 1 atom stereocenters. The van der Waals surface area contributed by atoms with E-state index in [4.69, 9.17) is 0 Å². The highest BCUT2D eigenvalue weighted by atomic mass is 32.2. The summed E-state index contributed by atoms with van der Waals surface area (Å²) in [6, 6.07) is 3.97. The summed E-state index contributed by atoms with van der Waals surface area (Å²) in [5.41, 5.74) is 0.603. The Balaban J connectivity index is 1.76. The Bertz CT molecular complexity index is 612. The lowest BCUT2D eigenvalue weighted by Gasteiger charge is -2.29. The molecule has 1 fully saturated rings. The van der Waals surface area contributed by atoms with Crippen LogP contribution in [0, 0.1) is 11.7 Å². The molecule has 0 radical (unpaired) electrons. The summed E-state index contributed by atoms with van der Waals surface area (Å²) in [7, 11) is -3.24. The van der Waals surface area contributed by atoms with Gasteiger partial charge in [0.1, 0.15) is 5.82 Å². The van der Waals surface area contributed by atoms with E-state index in [1.807, 2.05) is 11.8 Å². The minimum absolute atomic E-state index is 0.0474. The Morgan fingerprint density at radius 1 is 1.24 bits per heavy atom. The summed E-state index contributed by atoms with van der Waals surface area (Å²) in [5.74, 6) is 2.84. The fourth-order valence-corrected chi connectivity index (χ4v) is 5.89. The van der Waals surface area contributed by atoms with Crippen LogP contribution in [0.1, 0.15) is 30.9 Å². The second kappa shape index (κ2) is 6.26. The van der Waals surface area contributed by atoms with E-state index in [0.717, 1.165) is 6.54 Å². The van der Waals surface area contributed by atoms with Gasteiger partial charge in [0.25, 0.3) is 0 Å². The molecule has 3 nitrogen and oxygen atoms in total. The van der Waals surface area contributed by atoms with Crippen LogP contribution in [0.25, 0.3) is 0 Å². The molecule has 2 heterocycles. The summed E-state index contributed by atoms with van der Waals surface area (Å²) in [6.45, 7) is 0.890. The standard InChI is InChI=1S/C15H20FNO2S2/c16-12-1-2-15-13(9-12)14(5-8-21(15,18)19)17-10-11-3-6-20-7-4-11/h1-2,9,11,14,17H,3-8,10H2. The van der Waals surface area contributed by atoms with E-state index >= 15 is 0 Å². The molecule has 0 aromatic heterocycles. The number of hydrogen-bond donors (Lipinski definition) is 1. The highest BCUT2D eigenvalue weighted by molar-refractivity contribution is 7.99. The fraction of sp³-hybridized carbons (Fsp3) is 0.600. The normalized spacial score (nSPS) is 25.5. The van der Waals surface area contributed by atoms with E-state index in [-0.39, 0.29) is 17.6 Å². The second-order valence-electron chi connectivity index (χ2n) is 5.81. The van der Waals surface area contributed by atoms with Crippen LogP contribution in [-0.2, 0) is 9.84 Å². The van der Waals surface area contributed by atoms with Gasteiger partial charge in [-0.15, -0.1) is 0 Å². The van der Waals surface area contributed by atoms with Gasteiger partial charge in [-0.1, -0.05) is 0 Å². The van der Waals surface area contributed by atoms with Crippen LogP contribution in [0.2, 0.25) is 0 Å².